The van der Waals surface area contributed by atoms with Crippen molar-refractivity contribution in [2.75, 3.05) is 0 Å². The molecule has 5 nitrogen and oxygen atoms in total. The topological polar surface area (TPSA) is 69.4 Å². The summed E-state index contributed by atoms with van der Waals surface area (Å²) in [6, 6.07) is 17.4. The summed E-state index contributed by atoms with van der Waals surface area (Å²) in [5.41, 5.74) is 1.97. The van der Waals surface area contributed by atoms with Crippen molar-refractivity contribution in [2.45, 2.75) is 6.92 Å². The van der Waals surface area contributed by atoms with E-state index in [4.69, 9.17) is 9.15 Å². The SMILES string of the molecule is Cc1ccc2c(=O)c(OC(=O)c3ccncc3)c(-c3ccccc3)oc2c1. The fourth-order valence-electron chi connectivity index (χ4n) is 2.80. The van der Waals surface area contributed by atoms with Crippen LogP contribution in [-0.2, 0) is 0 Å². The Balaban J connectivity index is 1.92. The van der Waals surface area contributed by atoms with Crippen molar-refractivity contribution in [1.82, 2.24) is 4.98 Å². The van der Waals surface area contributed by atoms with Crippen molar-refractivity contribution in [2.24, 2.45) is 0 Å². The van der Waals surface area contributed by atoms with Crippen LogP contribution in [0.5, 0.6) is 5.75 Å². The van der Waals surface area contributed by atoms with Crippen LogP contribution in [0.3, 0.4) is 0 Å². The molecule has 0 N–H and O–H groups in total. The van der Waals surface area contributed by atoms with E-state index in [2.05, 4.69) is 4.98 Å². The van der Waals surface area contributed by atoms with Gasteiger partial charge in [-0.1, -0.05) is 36.4 Å². The Morgan fingerprint density at radius 3 is 2.48 bits per heavy atom. The number of hydrogen-bond acceptors (Lipinski definition) is 5. The van der Waals surface area contributed by atoms with Gasteiger partial charge in [0.25, 0.3) is 0 Å². The van der Waals surface area contributed by atoms with Gasteiger partial charge in [-0.15, -0.1) is 0 Å². The molecule has 0 aliphatic rings. The first-order valence-corrected chi connectivity index (χ1v) is 8.38. The first kappa shape index (κ1) is 16.7. The molecular formula is C22H15NO4. The van der Waals surface area contributed by atoms with Crippen molar-refractivity contribution in [3.63, 3.8) is 0 Å². The zero-order valence-electron chi connectivity index (χ0n) is 14.5. The van der Waals surface area contributed by atoms with Crippen LogP contribution in [0, 0.1) is 6.92 Å². The number of nitrogens with zero attached hydrogens (tertiary/aromatic N) is 1. The van der Waals surface area contributed by atoms with E-state index in [-0.39, 0.29) is 11.5 Å². The molecule has 0 aliphatic carbocycles. The van der Waals surface area contributed by atoms with E-state index in [0.29, 0.717) is 22.1 Å². The predicted octanol–water partition coefficient (Wildman–Crippen LogP) is 4.38. The third-order valence-electron chi connectivity index (χ3n) is 4.15. The van der Waals surface area contributed by atoms with Gasteiger partial charge in [0.05, 0.1) is 10.9 Å². The van der Waals surface area contributed by atoms with Gasteiger partial charge in [0.2, 0.25) is 11.2 Å². The first-order chi connectivity index (χ1) is 13.1. The van der Waals surface area contributed by atoms with Crippen LogP contribution in [0.25, 0.3) is 22.3 Å². The zero-order valence-corrected chi connectivity index (χ0v) is 14.5. The minimum atomic E-state index is -0.645. The lowest BCUT2D eigenvalue weighted by molar-refractivity contribution is 0.0731. The highest BCUT2D eigenvalue weighted by molar-refractivity contribution is 5.92. The Morgan fingerprint density at radius 2 is 1.74 bits per heavy atom. The summed E-state index contributed by atoms with van der Waals surface area (Å²) in [5, 5.41) is 0.359. The van der Waals surface area contributed by atoms with Gasteiger partial charge in [-0.3, -0.25) is 9.78 Å². The summed E-state index contributed by atoms with van der Waals surface area (Å²) < 4.78 is 11.5. The Hall–Kier alpha value is -3.73. The summed E-state index contributed by atoms with van der Waals surface area (Å²) in [4.78, 5) is 29.4. The fraction of sp³-hybridized carbons (Fsp3) is 0.0455. The van der Waals surface area contributed by atoms with Gasteiger partial charge >= 0.3 is 5.97 Å². The van der Waals surface area contributed by atoms with Crippen LogP contribution in [0.4, 0.5) is 0 Å². The largest absolute Gasteiger partial charge is 0.452 e. The zero-order chi connectivity index (χ0) is 18.8. The maximum atomic E-state index is 13.1. The maximum Gasteiger partial charge on any atom is 0.343 e. The van der Waals surface area contributed by atoms with Gasteiger partial charge in [0, 0.05) is 18.0 Å². The lowest BCUT2D eigenvalue weighted by Crippen LogP contribution is -2.16. The maximum absolute atomic E-state index is 13.1. The van der Waals surface area contributed by atoms with Crippen molar-refractivity contribution in [1.29, 1.82) is 0 Å². The highest BCUT2D eigenvalue weighted by atomic mass is 16.5. The smallest absolute Gasteiger partial charge is 0.343 e. The summed E-state index contributed by atoms with van der Waals surface area (Å²) in [5.74, 6) is -0.547. The Morgan fingerprint density at radius 1 is 1.00 bits per heavy atom. The highest BCUT2D eigenvalue weighted by Crippen LogP contribution is 2.31. The number of pyridine rings is 1. The molecule has 0 saturated carbocycles. The number of rotatable bonds is 3. The van der Waals surface area contributed by atoms with E-state index < -0.39 is 11.4 Å². The second-order valence-corrected chi connectivity index (χ2v) is 6.08. The molecule has 0 saturated heterocycles. The first-order valence-electron chi connectivity index (χ1n) is 8.38. The molecule has 0 amide bonds. The number of esters is 1. The van der Waals surface area contributed by atoms with E-state index in [1.807, 2.05) is 31.2 Å². The number of aryl methyl sites for hydroxylation is 1. The number of fused-ring (bicyclic) bond motifs is 1. The molecule has 2 aromatic heterocycles. The Bertz CT molecular complexity index is 1180. The molecule has 0 spiro atoms. The second kappa shape index (κ2) is 6.88. The van der Waals surface area contributed by atoms with Crippen molar-refractivity contribution in [3.8, 4) is 17.1 Å². The molecule has 2 aromatic carbocycles. The lowest BCUT2D eigenvalue weighted by atomic mass is 10.1. The van der Waals surface area contributed by atoms with Crippen LogP contribution in [0.1, 0.15) is 15.9 Å². The number of carbonyl (C=O) groups is 1. The number of aromatic nitrogens is 1. The van der Waals surface area contributed by atoms with Gasteiger partial charge < -0.3 is 9.15 Å². The minimum Gasteiger partial charge on any atom is -0.452 e. The lowest BCUT2D eigenvalue weighted by Gasteiger charge is -2.11. The normalized spacial score (nSPS) is 10.7. The van der Waals surface area contributed by atoms with E-state index in [1.165, 1.54) is 24.5 Å². The van der Waals surface area contributed by atoms with Crippen molar-refractivity contribution < 1.29 is 13.9 Å². The molecule has 5 heteroatoms. The number of carbonyl (C=O) groups excluding carboxylic acids is 1. The fourth-order valence-corrected chi connectivity index (χ4v) is 2.80. The van der Waals surface area contributed by atoms with Crippen LogP contribution < -0.4 is 10.2 Å². The molecule has 0 aliphatic heterocycles. The highest BCUT2D eigenvalue weighted by Gasteiger charge is 2.21. The quantitative estimate of drug-likeness (QED) is 0.509. The Labute approximate surface area is 154 Å². The number of benzene rings is 2. The second-order valence-electron chi connectivity index (χ2n) is 6.08. The van der Waals surface area contributed by atoms with Crippen LogP contribution in [0.15, 0.2) is 82.3 Å². The molecule has 0 bridgehead atoms. The average Bonchev–Trinajstić information content (AvgIpc) is 2.71. The summed E-state index contributed by atoms with van der Waals surface area (Å²) in [7, 11) is 0. The van der Waals surface area contributed by atoms with Crippen LogP contribution in [0.2, 0.25) is 0 Å². The Kier molecular flexibility index (Phi) is 4.26. The number of ether oxygens (including phenoxy) is 1. The predicted molar refractivity (Wildman–Crippen MR) is 102 cm³/mol. The minimum absolute atomic E-state index is 0.126. The molecule has 27 heavy (non-hydrogen) atoms. The molecule has 132 valence electrons. The van der Waals surface area contributed by atoms with Gasteiger partial charge in [-0.2, -0.15) is 0 Å². The molecule has 4 rings (SSSR count). The number of hydrogen-bond donors (Lipinski definition) is 0. The van der Waals surface area contributed by atoms with Gasteiger partial charge in [0.1, 0.15) is 5.58 Å². The summed E-state index contributed by atoms with van der Waals surface area (Å²) >= 11 is 0. The van der Waals surface area contributed by atoms with E-state index in [0.717, 1.165) is 5.56 Å². The van der Waals surface area contributed by atoms with Gasteiger partial charge in [-0.05, 0) is 36.8 Å². The molecule has 4 aromatic rings. The monoisotopic (exact) mass is 357 g/mol. The summed E-state index contributed by atoms with van der Waals surface area (Å²) in [6.07, 6.45) is 2.97. The molecule has 2 heterocycles. The van der Waals surface area contributed by atoms with Gasteiger partial charge in [0.15, 0.2) is 5.76 Å². The van der Waals surface area contributed by atoms with E-state index in [9.17, 15) is 9.59 Å². The molecule has 0 atom stereocenters. The summed E-state index contributed by atoms with van der Waals surface area (Å²) in [6.45, 7) is 1.92. The third kappa shape index (κ3) is 3.22. The molecule has 0 fully saturated rings. The standard InChI is InChI=1S/C22H15NO4/c1-14-7-8-17-18(13-14)26-20(15-5-3-2-4-6-15)21(19(17)24)27-22(25)16-9-11-23-12-10-16/h2-13H,1H3. The van der Waals surface area contributed by atoms with Gasteiger partial charge in [-0.25, -0.2) is 4.79 Å². The molecular weight excluding hydrogens is 342 g/mol. The van der Waals surface area contributed by atoms with Crippen LogP contribution >= 0.6 is 0 Å². The third-order valence-corrected chi connectivity index (χ3v) is 4.15. The molecule has 0 unspecified atom stereocenters. The van der Waals surface area contributed by atoms with Crippen molar-refractivity contribution in [3.05, 3.63) is 94.4 Å². The average molecular weight is 357 g/mol. The van der Waals surface area contributed by atoms with Crippen molar-refractivity contribution >= 4 is 16.9 Å². The van der Waals surface area contributed by atoms with E-state index >= 15 is 0 Å². The van der Waals surface area contributed by atoms with Crippen LogP contribution in [-0.4, -0.2) is 11.0 Å². The van der Waals surface area contributed by atoms with E-state index in [1.54, 1.807) is 24.3 Å². The molecule has 0 radical (unpaired) electrons.